The summed E-state index contributed by atoms with van der Waals surface area (Å²) in [6.45, 7) is 7.11. The van der Waals surface area contributed by atoms with Gasteiger partial charge in [0.15, 0.2) is 0 Å². The largest absolute Gasteiger partial charge is 0.541 e. The monoisotopic (exact) mass is 286 g/mol. The lowest BCUT2D eigenvalue weighted by Crippen LogP contribution is -1.99. The minimum absolute atomic E-state index is 0.0821. The van der Waals surface area contributed by atoms with Crippen LogP contribution in [-0.4, -0.2) is 12.4 Å². The molecule has 0 aliphatic carbocycles. The van der Waals surface area contributed by atoms with Crippen molar-refractivity contribution in [1.82, 2.24) is 0 Å². The van der Waals surface area contributed by atoms with E-state index in [4.69, 9.17) is 13.0 Å². The zero-order valence-corrected chi connectivity index (χ0v) is 11.6. The Labute approximate surface area is 111 Å². The Hall–Kier alpha value is -1.00. The smallest absolute Gasteiger partial charge is 0.403 e. The van der Waals surface area contributed by atoms with Gasteiger partial charge in [0.1, 0.15) is 5.75 Å². The summed E-state index contributed by atoms with van der Waals surface area (Å²) in [6.07, 6.45) is 3.10. The van der Waals surface area contributed by atoms with Gasteiger partial charge in [-0.25, -0.2) is 8.54 Å². The SMILES string of the molecule is C=CCOP(=O)(OSCC=C)Oc1ccccc1. The molecule has 0 aromatic heterocycles. The van der Waals surface area contributed by atoms with Crippen molar-refractivity contribution < 1.29 is 17.6 Å². The van der Waals surface area contributed by atoms with Gasteiger partial charge in [0.05, 0.1) is 6.61 Å². The van der Waals surface area contributed by atoms with E-state index in [1.54, 1.807) is 30.3 Å². The summed E-state index contributed by atoms with van der Waals surface area (Å²) in [4.78, 5) is 0. The van der Waals surface area contributed by atoms with Crippen LogP contribution in [0, 0.1) is 0 Å². The highest BCUT2D eigenvalue weighted by Gasteiger charge is 2.28. The molecule has 0 N–H and O–H groups in total. The molecule has 0 saturated heterocycles. The van der Waals surface area contributed by atoms with E-state index < -0.39 is 7.82 Å². The fraction of sp³-hybridized carbons (Fsp3) is 0.167. The van der Waals surface area contributed by atoms with Gasteiger partial charge in [-0.15, -0.1) is 13.2 Å². The molecule has 0 heterocycles. The summed E-state index contributed by atoms with van der Waals surface area (Å²) in [6, 6.07) is 8.71. The van der Waals surface area contributed by atoms with Gasteiger partial charge in [0, 0.05) is 17.8 Å². The van der Waals surface area contributed by atoms with Crippen LogP contribution in [-0.2, 0) is 13.1 Å². The van der Waals surface area contributed by atoms with Crippen LogP contribution in [0.3, 0.4) is 0 Å². The lowest BCUT2D eigenvalue weighted by atomic mass is 10.3. The van der Waals surface area contributed by atoms with Gasteiger partial charge in [-0.05, 0) is 12.1 Å². The Kier molecular flexibility index (Phi) is 6.83. The summed E-state index contributed by atoms with van der Waals surface area (Å²) in [5.74, 6) is 0.906. The zero-order chi connectivity index (χ0) is 13.3. The maximum absolute atomic E-state index is 12.2. The Bertz CT molecular complexity index is 421. The number of hydrogen-bond donors (Lipinski definition) is 0. The van der Waals surface area contributed by atoms with Crippen LogP contribution in [0.5, 0.6) is 5.75 Å². The summed E-state index contributed by atoms with van der Waals surface area (Å²) < 4.78 is 27.7. The molecule has 1 rings (SSSR count). The number of para-hydroxylation sites is 1. The molecule has 0 amide bonds. The summed E-state index contributed by atoms with van der Waals surface area (Å²) in [5.41, 5.74) is 0. The molecule has 0 radical (unpaired) electrons. The molecule has 0 aliphatic rings. The lowest BCUT2D eigenvalue weighted by Gasteiger charge is -2.16. The van der Waals surface area contributed by atoms with Crippen molar-refractivity contribution in [3.8, 4) is 5.75 Å². The molecule has 0 fully saturated rings. The van der Waals surface area contributed by atoms with Gasteiger partial charge < -0.3 is 4.52 Å². The molecule has 6 heteroatoms. The Balaban J connectivity index is 2.67. The van der Waals surface area contributed by atoms with Gasteiger partial charge >= 0.3 is 7.82 Å². The van der Waals surface area contributed by atoms with Gasteiger partial charge in [-0.1, -0.05) is 30.4 Å². The van der Waals surface area contributed by atoms with Crippen LogP contribution in [0.25, 0.3) is 0 Å². The maximum Gasteiger partial charge on any atom is 0.541 e. The van der Waals surface area contributed by atoms with E-state index in [1.165, 1.54) is 6.08 Å². The van der Waals surface area contributed by atoms with Crippen molar-refractivity contribution >= 4 is 19.9 Å². The van der Waals surface area contributed by atoms with Crippen LogP contribution in [0.2, 0.25) is 0 Å². The second-order valence-electron chi connectivity index (χ2n) is 3.08. The molecule has 0 bridgehead atoms. The van der Waals surface area contributed by atoms with E-state index >= 15 is 0 Å². The highest BCUT2D eigenvalue weighted by molar-refractivity contribution is 7.98. The van der Waals surface area contributed by atoms with E-state index in [0.29, 0.717) is 11.5 Å². The first-order chi connectivity index (χ1) is 8.70. The van der Waals surface area contributed by atoms with E-state index in [-0.39, 0.29) is 6.61 Å². The van der Waals surface area contributed by atoms with Crippen LogP contribution < -0.4 is 4.52 Å². The van der Waals surface area contributed by atoms with Gasteiger partial charge in [0.25, 0.3) is 0 Å². The molecule has 1 unspecified atom stereocenters. The van der Waals surface area contributed by atoms with Crippen molar-refractivity contribution in [1.29, 1.82) is 0 Å². The Morgan fingerprint density at radius 1 is 1.22 bits per heavy atom. The van der Waals surface area contributed by atoms with Gasteiger partial charge in [-0.3, -0.25) is 4.52 Å². The molecule has 0 aliphatic heterocycles. The average molecular weight is 286 g/mol. The third kappa shape index (κ3) is 5.56. The predicted octanol–water partition coefficient (Wildman–Crippen LogP) is 4.23. The van der Waals surface area contributed by atoms with Crippen molar-refractivity contribution in [3.05, 3.63) is 55.6 Å². The van der Waals surface area contributed by atoms with Crippen molar-refractivity contribution in [2.75, 3.05) is 12.4 Å². The summed E-state index contributed by atoms with van der Waals surface area (Å²) in [7, 11) is -3.64. The first-order valence-corrected chi connectivity index (χ1v) is 7.59. The summed E-state index contributed by atoms with van der Waals surface area (Å²) in [5, 5.41) is 0. The van der Waals surface area contributed by atoms with Crippen molar-refractivity contribution in [2.24, 2.45) is 0 Å². The molecule has 0 spiro atoms. The lowest BCUT2D eigenvalue weighted by molar-refractivity contribution is 0.239. The molecule has 18 heavy (non-hydrogen) atoms. The molecular weight excluding hydrogens is 271 g/mol. The number of phosphoric acid groups is 1. The third-order valence-electron chi connectivity index (χ3n) is 1.64. The normalized spacial score (nSPS) is 13.6. The number of hydrogen-bond acceptors (Lipinski definition) is 5. The van der Waals surface area contributed by atoms with Gasteiger partial charge in [0.2, 0.25) is 0 Å². The topological polar surface area (TPSA) is 44.8 Å². The molecule has 4 nitrogen and oxygen atoms in total. The van der Waals surface area contributed by atoms with E-state index in [2.05, 4.69) is 13.2 Å². The highest BCUT2D eigenvalue weighted by Crippen LogP contribution is 2.52. The minimum atomic E-state index is -3.64. The molecule has 1 atom stereocenters. The Morgan fingerprint density at radius 3 is 2.56 bits per heavy atom. The molecule has 1 aromatic rings. The highest BCUT2D eigenvalue weighted by atomic mass is 32.2. The van der Waals surface area contributed by atoms with Crippen molar-refractivity contribution in [2.45, 2.75) is 0 Å². The number of benzene rings is 1. The quantitative estimate of drug-likeness (QED) is 0.294. The molecular formula is C12H15O4PS. The standard InChI is InChI=1S/C12H15O4PS/c1-3-10-14-17(13,16-18-11-4-2)15-12-8-6-5-7-9-12/h3-9H,1-2,10-11H2. The first-order valence-electron chi connectivity index (χ1n) is 5.22. The fourth-order valence-corrected chi connectivity index (χ4v) is 2.83. The summed E-state index contributed by atoms with van der Waals surface area (Å²) >= 11 is 0.964. The fourth-order valence-electron chi connectivity index (χ4n) is 0.961. The van der Waals surface area contributed by atoms with E-state index in [9.17, 15) is 4.57 Å². The third-order valence-corrected chi connectivity index (χ3v) is 4.06. The number of rotatable bonds is 9. The second-order valence-corrected chi connectivity index (χ2v) is 5.58. The van der Waals surface area contributed by atoms with E-state index in [0.717, 1.165) is 12.0 Å². The minimum Gasteiger partial charge on any atom is -0.403 e. The number of phosphoric ester groups is 1. The second kappa shape index (κ2) is 8.16. The Morgan fingerprint density at radius 2 is 1.94 bits per heavy atom. The molecule has 1 aromatic carbocycles. The van der Waals surface area contributed by atoms with Crippen LogP contribution >= 0.6 is 19.9 Å². The molecule has 0 saturated carbocycles. The zero-order valence-electron chi connectivity index (χ0n) is 9.86. The average Bonchev–Trinajstić information content (AvgIpc) is 2.38. The van der Waals surface area contributed by atoms with E-state index in [1.807, 2.05) is 6.07 Å². The molecule has 98 valence electrons. The van der Waals surface area contributed by atoms with Crippen LogP contribution in [0.15, 0.2) is 55.6 Å². The maximum atomic E-state index is 12.2. The van der Waals surface area contributed by atoms with Crippen LogP contribution in [0.1, 0.15) is 0 Å². The predicted molar refractivity (Wildman–Crippen MR) is 74.6 cm³/mol. The van der Waals surface area contributed by atoms with Gasteiger partial charge in [-0.2, -0.15) is 0 Å². The first kappa shape index (κ1) is 15.1. The van der Waals surface area contributed by atoms with Crippen LogP contribution in [0.4, 0.5) is 0 Å². The van der Waals surface area contributed by atoms with Crippen molar-refractivity contribution in [3.63, 3.8) is 0 Å².